The summed E-state index contributed by atoms with van der Waals surface area (Å²) in [5.74, 6) is 0.134. The lowest BCUT2D eigenvalue weighted by Gasteiger charge is -2.32. The second-order valence-electron chi connectivity index (χ2n) is 9.31. The number of carbonyl (C=O) groups excluding carboxylic acids is 1. The molecule has 1 saturated heterocycles. The minimum absolute atomic E-state index is 0.134. The van der Waals surface area contributed by atoms with Crippen LogP contribution in [-0.2, 0) is 17.9 Å². The van der Waals surface area contributed by atoms with E-state index in [1.807, 2.05) is 41.1 Å². The molecule has 1 aromatic heterocycles. The van der Waals surface area contributed by atoms with Gasteiger partial charge in [0.25, 0.3) is 0 Å². The van der Waals surface area contributed by atoms with Crippen LogP contribution in [0.3, 0.4) is 0 Å². The number of halogens is 1. The van der Waals surface area contributed by atoms with Gasteiger partial charge in [-0.1, -0.05) is 72.3 Å². The molecule has 1 aliphatic rings. The molecule has 6 heteroatoms. The van der Waals surface area contributed by atoms with Gasteiger partial charge in [-0.05, 0) is 43.0 Å². The highest BCUT2D eigenvalue weighted by Gasteiger charge is 2.21. The van der Waals surface area contributed by atoms with Gasteiger partial charge in [0.1, 0.15) is 5.69 Å². The van der Waals surface area contributed by atoms with Gasteiger partial charge in [-0.2, -0.15) is 5.10 Å². The third-order valence-electron chi connectivity index (χ3n) is 6.74. The van der Waals surface area contributed by atoms with Crippen LogP contribution in [0, 0.1) is 0 Å². The number of carbonyl (C=O) groups is 1. The Labute approximate surface area is 211 Å². The van der Waals surface area contributed by atoms with Crippen LogP contribution in [-0.4, -0.2) is 39.7 Å². The fraction of sp³-hybridized carbons (Fsp3) is 0.310. The number of likely N-dealkylation sites (tertiary alicyclic amines) is 1. The molecule has 5 nitrogen and oxygen atoms in total. The number of amides is 1. The zero-order chi connectivity index (χ0) is 24.0. The van der Waals surface area contributed by atoms with Gasteiger partial charge >= 0.3 is 0 Å². The molecule has 180 valence electrons. The van der Waals surface area contributed by atoms with Crippen molar-refractivity contribution in [1.82, 2.24) is 20.0 Å². The van der Waals surface area contributed by atoms with Crippen LogP contribution in [0.4, 0.5) is 0 Å². The highest BCUT2D eigenvalue weighted by molar-refractivity contribution is 6.31. The summed E-state index contributed by atoms with van der Waals surface area (Å²) in [4.78, 5) is 15.1. The van der Waals surface area contributed by atoms with Crippen molar-refractivity contribution in [2.24, 2.45) is 0 Å². The van der Waals surface area contributed by atoms with E-state index in [1.54, 1.807) is 0 Å². The lowest BCUT2D eigenvalue weighted by atomic mass is 10.0. The number of aryl methyl sites for hydroxylation is 1. The smallest absolute Gasteiger partial charge is 0.220 e. The van der Waals surface area contributed by atoms with Gasteiger partial charge in [-0.15, -0.1) is 0 Å². The summed E-state index contributed by atoms with van der Waals surface area (Å²) in [6.45, 7) is 3.71. The highest BCUT2D eigenvalue weighted by atomic mass is 35.5. The molecule has 0 saturated carbocycles. The molecule has 35 heavy (non-hydrogen) atoms. The number of benzene rings is 3. The SMILES string of the molecule is O=C(CCCn1nc(-c2ccccc2)c2cc(Cl)ccc21)NC1CCN(Cc2ccccc2)CC1. The molecule has 1 fully saturated rings. The summed E-state index contributed by atoms with van der Waals surface area (Å²) in [6, 6.07) is 26.9. The Balaban J connectivity index is 1.13. The molecule has 2 heterocycles. The maximum atomic E-state index is 12.6. The Kier molecular flexibility index (Phi) is 7.45. The van der Waals surface area contributed by atoms with Gasteiger partial charge in [0.2, 0.25) is 5.91 Å². The van der Waals surface area contributed by atoms with Crippen molar-refractivity contribution < 1.29 is 4.79 Å². The predicted octanol–water partition coefficient (Wildman–Crippen LogP) is 5.92. The number of rotatable bonds is 8. The van der Waals surface area contributed by atoms with Gasteiger partial charge in [0.15, 0.2) is 0 Å². The summed E-state index contributed by atoms with van der Waals surface area (Å²) < 4.78 is 2.00. The largest absolute Gasteiger partial charge is 0.353 e. The highest BCUT2D eigenvalue weighted by Crippen LogP contribution is 2.30. The van der Waals surface area contributed by atoms with Crippen molar-refractivity contribution in [3.63, 3.8) is 0 Å². The van der Waals surface area contributed by atoms with Crippen LogP contribution < -0.4 is 5.32 Å². The maximum Gasteiger partial charge on any atom is 0.220 e. The number of hydrogen-bond acceptors (Lipinski definition) is 3. The van der Waals surface area contributed by atoms with E-state index in [0.717, 1.165) is 61.1 Å². The Bertz CT molecular complexity index is 1260. The van der Waals surface area contributed by atoms with Crippen molar-refractivity contribution in [2.45, 2.75) is 44.8 Å². The summed E-state index contributed by atoms with van der Waals surface area (Å²) in [5, 5.41) is 9.86. The van der Waals surface area contributed by atoms with Crippen LogP contribution in [0.15, 0.2) is 78.9 Å². The number of nitrogens with zero attached hydrogens (tertiary/aromatic N) is 3. The van der Waals surface area contributed by atoms with E-state index in [-0.39, 0.29) is 11.9 Å². The number of piperidine rings is 1. The van der Waals surface area contributed by atoms with E-state index in [0.29, 0.717) is 18.0 Å². The first-order valence-corrected chi connectivity index (χ1v) is 12.8. The maximum absolute atomic E-state index is 12.6. The quantitative estimate of drug-likeness (QED) is 0.336. The number of fused-ring (bicyclic) bond motifs is 1. The average molecular weight is 487 g/mol. The summed E-state index contributed by atoms with van der Waals surface area (Å²) in [7, 11) is 0. The van der Waals surface area contributed by atoms with E-state index in [1.165, 1.54) is 5.56 Å². The van der Waals surface area contributed by atoms with Crippen molar-refractivity contribution >= 4 is 28.4 Å². The minimum Gasteiger partial charge on any atom is -0.353 e. The topological polar surface area (TPSA) is 50.2 Å². The Morgan fingerprint density at radius 1 is 0.971 bits per heavy atom. The third-order valence-corrected chi connectivity index (χ3v) is 6.97. The molecule has 3 aromatic carbocycles. The molecule has 4 aromatic rings. The first-order chi connectivity index (χ1) is 17.2. The molecule has 1 aliphatic heterocycles. The molecule has 0 radical (unpaired) electrons. The monoisotopic (exact) mass is 486 g/mol. The number of hydrogen-bond donors (Lipinski definition) is 1. The van der Waals surface area contributed by atoms with Crippen LogP contribution in [0.25, 0.3) is 22.2 Å². The molecule has 0 bridgehead atoms. The molecular weight excluding hydrogens is 456 g/mol. The molecule has 0 aliphatic carbocycles. The van der Waals surface area contributed by atoms with Crippen molar-refractivity contribution in [1.29, 1.82) is 0 Å². The fourth-order valence-electron chi connectivity index (χ4n) is 4.90. The van der Waals surface area contributed by atoms with E-state index in [9.17, 15) is 4.79 Å². The zero-order valence-electron chi connectivity index (χ0n) is 19.9. The van der Waals surface area contributed by atoms with E-state index in [2.05, 4.69) is 52.7 Å². The van der Waals surface area contributed by atoms with Gasteiger partial charge in [0.05, 0.1) is 5.52 Å². The molecule has 0 atom stereocenters. The van der Waals surface area contributed by atoms with E-state index < -0.39 is 0 Å². The van der Waals surface area contributed by atoms with E-state index >= 15 is 0 Å². The van der Waals surface area contributed by atoms with Crippen molar-refractivity contribution in [2.75, 3.05) is 13.1 Å². The van der Waals surface area contributed by atoms with Crippen molar-refractivity contribution in [3.8, 4) is 11.3 Å². The third kappa shape index (κ3) is 5.92. The van der Waals surface area contributed by atoms with E-state index in [4.69, 9.17) is 16.7 Å². The molecule has 1 amide bonds. The lowest BCUT2D eigenvalue weighted by molar-refractivity contribution is -0.122. The first-order valence-electron chi connectivity index (χ1n) is 12.4. The van der Waals surface area contributed by atoms with Crippen LogP contribution >= 0.6 is 11.6 Å². The van der Waals surface area contributed by atoms with Gasteiger partial charge in [-0.3, -0.25) is 14.4 Å². The molecular formula is C29H31ClN4O. The Morgan fingerprint density at radius 2 is 1.69 bits per heavy atom. The minimum atomic E-state index is 0.134. The van der Waals surface area contributed by atoms with Gasteiger partial charge < -0.3 is 5.32 Å². The summed E-state index contributed by atoms with van der Waals surface area (Å²) in [5.41, 5.74) is 4.38. The normalized spacial score (nSPS) is 14.9. The fourth-order valence-corrected chi connectivity index (χ4v) is 5.07. The second kappa shape index (κ2) is 11.1. The summed E-state index contributed by atoms with van der Waals surface area (Å²) in [6.07, 6.45) is 3.25. The molecule has 0 spiro atoms. The first kappa shape index (κ1) is 23.6. The molecule has 0 unspecified atom stereocenters. The zero-order valence-corrected chi connectivity index (χ0v) is 20.6. The average Bonchev–Trinajstić information content (AvgIpc) is 3.24. The summed E-state index contributed by atoms with van der Waals surface area (Å²) >= 11 is 6.28. The Morgan fingerprint density at radius 3 is 2.43 bits per heavy atom. The van der Waals surface area contributed by atoms with Gasteiger partial charge in [-0.25, -0.2) is 0 Å². The number of aromatic nitrogens is 2. The van der Waals surface area contributed by atoms with Crippen LogP contribution in [0.5, 0.6) is 0 Å². The second-order valence-corrected chi connectivity index (χ2v) is 9.74. The number of nitrogens with one attached hydrogen (secondary N) is 1. The van der Waals surface area contributed by atoms with Crippen LogP contribution in [0.2, 0.25) is 5.02 Å². The Hall–Kier alpha value is -3.15. The molecule has 1 N–H and O–H groups in total. The molecule has 5 rings (SSSR count). The standard InChI is InChI=1S/C29H31ClN4O/c30-24-13-14-27-26(20-24)29(23-10-5-2-6-11-23)32-34(27)17-7-12-28(35)31-25-15-18-33(19-16-25)21-22-8-3-1-4-9-22/h1-6,8-11,13-14,20,25H,7,12,15-19,21H2,(H,31,35). The lowest BCUT2D eigenvalue weighted by Crippen LogP contribution is -2.44. The predicted molar refractivity (Wildman–Crippen MR) is 142 cm³/mol. The van der Waals surface area contributed by atoms with Gasteiger partial charge in [0, 0.05) is 54.6 Å². The van der Waals surface area contributed by atoms with Crippen molar-refractivity contribution in [3.05, 3.63) is 89.4 Å². The van der Waals surface area contributed by atoms with Crippen LogP contribution in [0.1, 0.15) is 31.2 Å².